The van der Waals surface area contributed by atoms with Crippen LogP contribution in [-0.2, 0) is 11.3 Å². The highest BCUT2D eigenvalue weighted by atomic mass is 16.3. The molecular weight excluding hydrogens is 196 g/mol. The number of amides is 1. The van der Waals surface area contributed by atoms with Crippen LogP contribution in [-0.4, -0.2) is 44.2 Å². The van der Waals surface area contributed by atoms with Crippen molar-refractivity contribution in [3.05, 3.63) is 12.2 Å². The van der Waals surface area contributed by atoms with Gasteiger partial charge in [-0.25, -0.2) is 4.98 Å². The minimum absolute atomic E-state index is 0.00713. The molecule has 1 aromatic heterocycles. The number of rotatable bonds is 5. The van der Waals surface area contributed by atoms with Gasteiger partial charge in [-0.05, 0) is 13.3 Å². The van der Waals surface area contributed by atoms with Crippen LogP contribution in [0.5, 0.6) is 0 Å². The number of aliphatic hydroxyl groups is 1. The summed E-state index contributed by atoms with van der Waals surface area (Å²) in [5, 5.41) is 15.4. The molecule has 2 N–H and O–H groups in total. The van der Waals surface area contributed by atoms with Crippen LogP contribution < -0.4 is 0 Å². The fraction of sp³-hybridized carbons (Fsp3) is 0.667. The summed E-state index contributed by atoms with van der Waals surface area (Å²) in [4.78, 5) is 17.0. The highest BCUT2D eigenvalue weighted by Crippen LogP contribution is 2.02. The molecule has 6 nitrogen and oxygen atoms in total. The van der Waals surface area contributed by atoms with Crippen LogP contribution >= 0.6 is 0 Å². The summed E-state index contributed by atoms with van der Waals surface area (Å²) in [6.07, 6.45) is 1.80. The smallest absolute Gasteiger partial charge is 0.222 e. The van der Waals surface area contributed by atoms with Gasteiger partial charge in [0.2, 0.25) is 5.91 Å². The van der Waals surface area contributed by atoms with Crippen molar-refractivity contribution in [3.8, 4) is 0 Å². The molecule has 84 valence electrons. The summed E-state index contributed by atoms with van der Waals surface area (Å²) in [6.45, 7) is 2.09. The molecule has 1 heterocycles. The maximum Gasteiger partial charge on any atom is 0.222 e. The average molecular weight is 212 g/mol. The Balaban J connectivity index is 2.33. The molecule has 0 radical (unpaired) electrons. The van der Waals surface area contributed by atoms with Crippen molar-refractivity contribution in [2.75, 3.05) is 7.05 Å². The zero-order valence-corrected chi connectivity index (χ0v) is 8.97. The number of hydrogen-bond acceptors (Lipinski definition) is 4. The molecule has 0 fully saturated rings. The first-order valence-electron chi connectivity index (χ1n) is 4.86. The zero-order valence-electron chi connectivity index (χ0n) is 8.97. The van der Waals surface area contributed by atoms with E-state index in [4.69, 9.17) is 5.11 Å². The number of H-pyrrole nitrogens is 1. The van der Waals surface area contributed by atoms with E-state index in [1.54, 1.807) is 18.9 Å². The number of carbonyl (C=O) groups excluding carboxylic acids is 1. The maximum atomic E-state index is 11.5. The zero-order chi connectivity index (χ0) is 11.3. The van der Waals surface area contributed by atoms with Crippen molar-refractivity contribution in [3.63, 3.8) is 0 Å². The van der Waals surface area contributed by atoms with Gasteiger partial charge in [-0.15, -0.1) is 0 Å². The first kappa shape index (κ1) is 11.6. The lowest BCUT2D eigenvalue weighted by molar-refractivity contribution is -0.131. The van der Waals surface area contributed by atoms with Crippen molar-refractivity contribution in [2.45, 2.75) is 32.4 Å². The molecule has 0 aliphatic heterocycles. The van der Waals surface area contributed by atoms with E-state index in [1.165, 1.54) is 6.33 Å². The van der Waals surface area contributed by atoms with Crippen molar-refractivity contribution in [2.24, 2.45) is 0 Å². The molecule has 0 saturated heterocycles. The fourth-order valence-electron chi connectivity index (χ4n) is 1.14. The lowest BCUT2D eigenvalue weighted by atomic mass is 10.2. The molecular formula is C9H16N4O2. The van der Waals surface area contributed by atoms with Gasteiger partial charge in [0.05, 0.1) is 12.6 Å². The molecule has 1 unspecified atom stereocenters. The monoisotopic (exact) mass is 212 g/mol. The third-order valence-electron chi connectivity index (χ3n) is 2.05. The number of aromatic amines is 1. The average Bonchev–Trinajstić information content (AvgIpc) is 2.66. The SMILES string of the molecule is CC(O)CCC(=O)N(C)Cc1ncn[nH]1. The second-order valence-corrected chi connectivity index (χ2v) is 3.57. The molecule has 1 rings (SSSR count). The first-order valence-corrected chi connectivity index (χ1v) is 4.86. The van der Waals surface area contributed by atoms with E-state index in [0.29, 0.717) is 25.2 Å². The largest absolute Gasteiger partial charge is 0.393 e. The molecule has 15 heavy (non-hydrogen) atoms. The molecule has 0 aliphatic rings. The van der Waals surface area contributed by atoms with Gasteiger partial charge in [0.15, 0.2) is 0 Å². The van der Waals surface area contributed by atoms with Gasteiger partial charge >= 0.3 is 0 Å². The van der Waals surface area contributed by atoms with E-state index in [9.17, 15) is 4.79 Å². The van der Waals surface area contributed by atoms with Gasteiger partial charge in [-0.3, -0.25) is 9.89 Å². The molecule has 0 aromatic carbocycles. The van der Waals surface area contributed by atoms with Crippen molar-refractivity contribution >= 4 is 5.91 Å². The third-order valence-corrected chi connectivity index (χ3v) is 2.05. The van der Waals surface area contributed by atoms with Gasteiger partial charge in [-0.2, -0.15) is 5.10 Å². The third kappa shape index (κ3) is 4.07. The second-order valence-electron chi connectivity index (χ2n) is 3.57. The lowest BCUT2D eigenvalue weighted by Crippen LogP contribution is -2.27. The lowest BCUT2D eigenvalue weighted by Gasteiger charge is -2.15. The molecule has 1 amide bonds. The summed E-state index contributed by atoms with van der Waals surface area (Å²) < 4.78 is 0. The predicted molar refractivity (Wildman–Crippen MR) is 53.8 cm³/mol. The number of aliphatic hydroxyl groups excluding tert-OH is 1. The number of nitrogens with one attached hydrogen (secondary N) is 1. The summed E-state index contributed by atoms with van der Waals surface area (Å²) in [7, 11) is 1.70. The van der Waals surface area contributed by atoms with Gasteiger partial charge in [-0.1, -0.05) is 0 Å². The van der Waals surface area contributed by atoms with Crippen molar-refractivity contribution in [1.29, 1.82) is 0 Å². The number of carbonyl (C=O) groups is 1. The summed E-state index contributed by atoms with van der Waals surface area (Å²) >= 11 is 0. The van der Waals surface area contributed by atoms with Crippen LogP contribution in [0.3, 0.4) is 0 Å². The number of aromatic nitrogens is 3. The standard InChI is InChI=1S/C9H16N4O2/c1-7(14)3-4-9(15)13(2)5-8-10-6-11-12-8/h6-7,14H,3-5H2,1-2H3,(H,10,11,12). The Kier molecular flexibility index (Phi) is 4.23. The van der Waals surface area contributed by atoms with Crippen LogP contribution in [0.25, 0.3) is 0 Å². The topological polar surface area (TPSA) is 82.1 Å². The van der Waals surface area contributed by atoms with Gasteiger partial charge in [0, 0.05) is 13.5 Å². The normalized spacial score (nSPS) is 12.5. The summed E-state index contributed by atoms with van der Waals surface area (Å²) in [5.41, 5.74) is 0. The second kappa shape index (κ2) is 5.45. The Morgan fingerprint density at radius 3 is 3.00 bits per heavy atom. The van der Waals surface area contributed by atoms with Crippen molar-refractivity contribution < 1.29 is 9.90 Å². The van der Waals surface area contributed by atoms with Crippen LogP contribution in [0, 0.1) is 0 Å². The Hall–Kier alpha value is -1.43. The minimum atomic E-state index is -0.437. The summed E-state index contributed by atoms with van der Waals surface area (Å²) in [5.74, 6) is 0.648. The van der Waals surface area contributed by atoms with Gasteiger partial charge in [0.1, 0.15) is 12.2 Å². The van der Waals surface area contributed by atoms with Crippen molar-refractivity contribution in [1.82, 2.24) is 20.1 Å². The summed E-state index contributed by atoms with van der Waals surface area (Å²) in [6, 6.07) is 0. The van der Waals surface area contributed by atoms with E-state index in [1.807, 2.05) is 0 Å². The van der Waals surface area contributed by atoms with Crippen LogP contribution in [0.1, 0.15) is 25.6 Å². The number of hydrogen-bond donors (Lipinski definition) is 2. The van der Waals surface area contributed by atoms with Crippen LogP contribution in [0.2, 0.25) is 0 Å². The fourth-order valence-corrected chi connectivity index (χ4v) is 1.14. The molecule has 1 atom stereocenters. The van der Waals surface area contributed by atoms with E-state index in [-0.39, 0.29) is 5.91 Å². The van der Waals surface area contributed by atoms with Gasteiger partial charge in [0.25, 0.3) is 0 Å². The van der Waals surface area contributed by atoms with Gasteiger partial charge < -0.3 is 10.0 Å². The van der Waals surface area contributed by atoms with Crippen LogP contribution in [0.4, 0.5) is 0 Å². The Labute approximate surface area is 88.3 Å². The molecule has 0 spiro atoms. The molecule has 0 bridgehead atoms. The van der Waals surface area contributed by atoms with E-state index < -0.39 is 6.10 Å². The van der Waals surface area contributed by atoms with E-state index >= 15 is 0 Å². The highest BCUT2D eigenvalue weighted by Gasteiger charge is 2.11. The molecule has 1 aromatic rings. The highest BCUT2D eigenvalue weighted by molar-refractivity contribution is 5.75. The molecule has 6 heteroatoms. The maximum absolute atomic E-state index is 11.5. The molecule has 0 aliphatic carbocycles. The minimum Gasteiger partial charge on any atom is -0.393 e. The quantitative estimate of drug-likeness (QED) is 0.715. The number of nitrogens with zero attached hydrogens (tertiary/aromatic N) is 3. The van der Waals surface area contributed by atoms with E-state index in [2.05, 4.69) is 15.2 Å². The Morgan fingerprint density at radius 2 is 2.47 bits per heavy atom. The Bertz CT molecular complexity index is 297. The first-order chi connectivity index (χ1) is 7.09. The van der Waals surface area contributed by atoms with E-state index in [0.717, 1.165) is 0 Å². The van der Waals surface area contributed by atoms with Crippen LogP contribution in [0.15, 0.2) is 6.33 Å². The predicted octanol–water partition coefficient (Wildman–Crippen LogP) is -0.0759. The molecule has 0 saturated carbocycles. The Morgan fingerprint density at radius 1 is 1.73 bits per heavy atom.